The molecule has 2 aromatic carbocycles. The molecule has 1 unspecified atom stereocenters. The first-order valence-corrected chi connectivity index (χ1v) is 13.6. The Labute approximate surface area is 210 Å². The summed E-state index contributed by atoms with van der Waals surface area (Å²) >= 11 is 0. The number of rotatable bonds is 7. The second-order valence-corrected chi connectivity index (χ2v) is 10.1. The summed E-state index contributed by atoms with van der Waals surface area (Å²) < 4.78 is 5.99. The standard InChI is InChI=1S/C29H40N4O2/c34-29(33-19-7-11-28(33)25-9-3-1-4-10-25)32-22-20-31(21-23-32)26-12-14-27(15-13-26)35-24-8-18-30-16-5-2-6-17-30/h1,3-4,9-10,12-15,28H,2,5-8,11,16-24H2. The fourth-order valence-electron chi connectivity index (χ4n) is 5.77. The third kappa shape index (κ3) is 6.10. The Morgan fingerprint density at radius 3 is 2.29 bits per heavy atom. The highest BCUT2D eigenvalue weighted by Crippen LogP contribution is 2.33. The van der Waals surface area contributed by atoms with Crippen molar-refractivity contribution in [1.29, 1.82) is 0 Å². The van der Waals surface area contributed by atoms with Crippen LogP contribution >= 0.6 is 0 Å². The number of hydrogen-bond acceptors (Lipinski definition) is 4. The van der Waals surface area contributed by atoms with Crippen LogP contribution < -0.4 is 9.64 Å². The first kappa shape index (κ1) is 24.0. The number of likely N-dealkylation sites (tertiary alicyclic amines) is 2. The molecule has 2 amide bonds. The van der Waals surface area contributed by atoms with Gasteiger partial charge in [-0.3, -0.25) is 0 Å². The molecule has 188 valence electrons. The van der Waals surface area contributed by atoms with E-state index in [0.717, 1.165) is 70.9 Å². The molecule has 0 spiro atoms. The second kappa shape index (κ2) is 11.8. The number of carbonyl (C=O) groups is 1. The van der Waals surface area contributed by atoms with E-state index in [-0.39, 0.29) is 12.1 Å². The Bertz CT molecular complexity index is 921. The SMILES string of the molecule is O=C(N1CCN(c2ccc(OCCCN3CCCCC3)cc2)CC1)N1CCCC1c1ccccc1. The van der Waals surface area contributed by atoms with Crippen molar-refractivity contribution in [2.75, 3.05) is 63.9 Å². The summed E-state index contributed by atoms with van der Waals surface area (Å²) in [4.78, 5) is 22.4. The van der Waals surface area contributed by atoms with Crippen molar-refractivity contribution in [3.8, 4) is 5.75 Å². The summed E-state index contributed by atoms with van der Waals surface area (Å²) in [6.07, 6.45) is 7.30. The summed E-state index contributed by atoms with van der Waals surface area (Å²) in [5.74, 6) is 0.946. The smallest absolute Gasteiger partial charge is 0.320 e. The number of urea groups is 1. The zero-order chi connectivity index (χ0) is 23.9. The lowest BCUT2D eigenvalue weighted by Gasteiger charge is -2.39. The number of amides is 2. The number of carbonyl (C=O) groups excluding carboxylic acids is 1. The van der Waals surface area contributed by atoms with Crippen LogP contribution in [0.4, 0.5) is 10.5 Å². The van der Waals surface area contributed by atoms with Crippen LogP contribution in [0.15, 0.2) is 54.6 Å². The molecule has 0 aromatic heterocycles. The maximum absolute atomic E-state index is 13.3. The van der Waals surface area contributed by atoms with Crippen LogP contribution in [0.1, 0.15) is 50.1 Å². The first-order valence-electron chi connectivity index (χ1n) is 13.6. The molecule has 3 heterocycles. The van der Waals surface area contributed by atoms with Gasteiger partial charge in [0.25, 0.3) is 0 Å². The van der Waals surface area contributed by atoms with Gasteiger partial charge < -0.3 is 24.3 Å². The van der Waals surface area contributed by atoms with Crippen molar-refractivity contribution >= 4 is 11.7 Å². The third-order valence-electron chi connectivity index (χ3n) is 7.77. The van der Waals surface area contributed by atoms with Crippen molar-refractivity contribution in [2.45, 2.75) is 44.6 Å². The molecule has 0 radical (unpaired) electrons. The van der Waals surface area contributed by atoms with Crippen LogP contribution in [-0.2, 0) is 0 Å². The topological polar surface area (TPSA) is 39.3 Å². The Morgan fingerprint density at radius 1 is 0.800 bits per heavy atom. The van der Waals surface area contributed by atoms with E-state index >= 15 is 0 Å². The van der Waals surface area contributed by atoms with Crippen molar-refractivity contribution in [1.82, 2.24) is 14.7 Å². The molecule has 3 aliphatic rings. The van der Waals surface area contributed by atoms with Crippen LogP contribution in [0.2, 0.25) is 0 Å². The molecule has 0 bridgehead atoms. The van der Waals surface area contributed by atoms with Gasteiger partial charge in [-0.05, 0) is 75.0 Å². The van der Waals surface area contributed by atoms with E-state index in [1.807, 2.05) is 11.0 Å². The molecule has 1 atom stereocenters. The predicted molar refractivity (Wildman–Crippen MR) is 141 cm³/mol. The number of anilines is 1. The van der Waals surface area contributed by atoms with Gasteiger partial charge in [0.05, 0.1) is 12.6 Å². The van der Waals surface area contributed by atoms with Gasteiger partial charge >= 0.3 is 6.03 Å². The van der Waals surface area contributed by atoms with Gasteiger partial charge in [-0.25, -0.2) is 4.79 Å². The van der Waals surface area contributed by atoms with Crippen molar-refractivity contribution in [3.05, 3.63) is 60.2 Å². The average Bonchev–Trinajstić information content (AvgIpc) is 3.42. The Morgan fingerprint density at radius 2 is 1.54 bits per heavy atom. The van der Waals surface area contributed by atoms with Gasteiger partial charge in [0, 0.05) is 45.0 Å². The number of hydrogen-bond donors (Lipinski definition) is 0. The summed E-state index contributed by atoms with van der Waals surface area (Å²) in [5, 5.41) is 0. The average molecular weight is 477 g/mol. The molecular weight excluding hydrogens is 436 g/mol. The van der Waals surface area contributed by atoms with E-state index in [4.69, 9.17) is 4.74 Å². The number of benzene rings is 2. The zero-order valence-electron chi connectivity index (χ0n) is 21.0. The third-order valence-corrected chi connectivity index (χ3v) is 7.77. The van der Waals surface area contributed by atoms with Gasteiger partial charge in [-0.2, -0.15) is 0 Å². The highest BCUT2D eigenvalue weighted by Gasteiger charge is 2.33. The molecule has 6 heteroatoms. The fraction of sp³-hybridized carbons (Fsp3) is 0.552. The van der Waals surface area contributed by atoms with Gasteiger partial charge in [-0.15, -0.1) is 0 Å². The molecule has 35 heavy (non-hydrogen) atoms. The first-order chi connectivity index (χ1) is 17.3. The molecule has 0 saturated carbocycles. The van der Waals surface area contributed by atoms with Crippen LogP contribution in [0, 0.1) is 0 Å². The molecule has 3 fully saturated rings. The lowest BCUT2D eigenvalue weighted by atomic mass is 10.1. The predicted octanol–water partition coefficient (Wildman–Crippen LogP) is 5.02. The van der Waals surface area contributed by atoms with Crippen molar-refractivity contribution in [2.24, 2.45) is 0 Å². The van der Waals surface area contributed by atoms with Crippen LogP contribution in [-0.4, -0.2) is 79.7 Å². The lowest BCUT2D eigenvalue weighted by molar-refractivity contribution is 0.145. The molecule has 3 saturated heterocycles. The van der Waals surface area contributed by atoms with Gasteiger partial charge in [0.2, 0.25) is 0 Å². The lowest BCUT2D eigenvalue weighted by Crippen LogP contribution is -2.52. The van der Waals surface area contributed by atoms with E-state index < -0.39 is 0 Å². The van der Waals surface area contributed by atoms with Crippen molar-refractivity contribution in [3.63, 3.8) is 0 Å². The molecular formula is C29H40N4O2. The van der Waals surface area contributed by atoms with Crippen LogP contribution in [0.3, 0.4) is 0 Å². The maximum Gasteiger partial charge on any atom is 0.320 e. The van der Waals surface area contributed by atoms with E-state index in [2.05, 4.69) is 63.2 Å². The molecule has 0 N–H and O–H groups in total. The van der Waals surface area contributed by atoms with Gasteiger partial charge in [0.1, 0.15) is 5.75 Å². The Hall–Kier alpha value is -2.73. The number of piperazine rings is 1. The van der Waals surface area contributed by atoms with E-state index in [9.17, 15) is 4.79 Å². The Kier molecular flexibility index (Phi) is 8.09. The molecule has 5 rings (SSSR count). The summed E-state index contributed by atoms with van der Waals surface area (Å²) in [5.41, 5.74) is 2.46. The molecule has 3 aliphatic heterocycles. The fourth-order valence-corrected chi connectivity index (χ4v) is 5.77. The van der Waals surface area contributed by atoms with E-state index in [1.54, 1.807) is 0 Å². The van der Waals surface area contributed by atoms with Gasteiger partial charge in [-0.1, -0.05) is 36.8 Å². The van der Waals surface area contributed by atoms with Gasteiger partial charge in [0.15, 0.2) is 0 Å². The minimum absolute atomic E-state index is 0.198. The second-order valence-electron chi connectivity index (χ2n) is 10.1. The maximum atomic E-state index is 13.3. The minimum atomic E-state index is 0.198. The molecule has 2 aromatic rings. The highest BCUT2D eigenvalue weighted by atomic mass is 16.5. The van der Waals surface area contributed by atoms with E-state index in [0.29, 0.717) is 0 Å². The molecule has 6 nitrogen and oxygen atoms in total. The monoisotopic (exact) mass is 476 g/mol. The summed E-state index contributed by atoms with van der Waals surface area (Å²) in [7, 11) is 0. The highest BCUT2D eigenvalue weighted by molar-refractivity contribution is 5.76. The largest absolute Gasteiger partial charge is 0.494 e. The summed E-state index contributed by atoms with van der Waals surface area (Å²) in [6, 6.07) is 19.4. The zero-order valence-corrected chi connectivity index (χ0v) is 21.0. The van der Waals surface area contributed by atoms with Crippen LogP contribution in [0.25, 0.3) is 0 Å². The minimum Gasteiger partial charge on any atom is -0.494 e. The van der Waals surface area contributed by atoms with E-state index in [1.165, 1.54) is 43.6 Å². The number of ether oxygens (including phenoxy) is 1. The normalized spacial score (nSPS) is 21.4. The van der Waals surface area contributed by atoms with Crippen LogP contribution in [0.5, 0.6) is 5.75 Å². The quantitative estimate of drug-likeness (QED) is 0.526. The summed E-state index contributed by atoms with van der Waals surface area (Å²) in [6.45, 7) is 8.55. The number of piperidine rings is 1. The molecule has 0 aliphatic carbocycles. The number of nitrogens with zero attached hydrogens (tertiary/aromatic N) is 4. The Balaban J connectivity index is 1.06. The van der Waals surface area contributed by atoms with Crippen molar-refractivity contribution < 1.29 is 9.53 Å².